The van der Waals surface area contributed by atoms with Crippen molar-refractivity contribution in [1.82, 2.24) is 9.55 Å². The SMILES string of the molecule is COc1ccc(C(O[C@H]2[C@H](F)[C@H](n3cc(C)c(=O)[nH]c3=O)O[C@@H]2C=O)(c2ccccc2)c2ccccc2)cc1. The van der Waals surface area contributed by atoms with Gasteiger partial charge in [-0.2, -0.15) is 0 Å². The predicted octanol–water partition coefficient (Wildman–Crippen LogP) is 3.67. The summed E-state index contributed by atoms with van der Waals surface area (Å²) >= 11 is 0. The minimum absolute atomic E-state index is 0.193. The number of alkyl halides is 1. The van der Waals surface area contributed by atoms with E-state index in [1.165, 1.54) is 13.1 Å². The van der Waals surface area contributed by atoms with Crippen molar-refractivity contribution in [2.75, 3.05) is 7.11 Å². The van der Waals surface area contributed by atoms with E-state index < -0.39 is 41.5 Å². The minimum atomic E-state index is -1.94. The molecular formula is C30H27FN2O6. The molecule has 200 valence electrons. The van der Waals surface area contributed by atoms with Crippen molar-refractivity contribution >= 4 is 6.29 Å². The van der Waals surface area contributed by atoms with E-state index in [2.05, 4.69) is 4.98 Å². The van der Waals surface area contributed by atoms with Gasteiger partial charge in [-0.05, 0) is 35.7 Å². The van der Waals surface area contributed by atoms with Crippen LogP contribution >= 0.6 is 0 Å². The number of benzene rings is 3. The lowest BCUT2D eigenvalue weighted by Crippen LogP contribution is -2.44. The quantitative estimate of drug-likeness (QED) is 0.276. The number of ether oxygens (including phenoxy) is 3. The normalized spacial score (nSPS) is 21.0. The fourth-order valence-electron chi connectivity index (χ4n) is 4.97. The summed E-state index contributed by atoms with van der Waals surface area (Å²) in [7, 11) is 1.56. The van der Waals surface area contributed by atoms with Gasteiger partial charge in [-0.15, -0.1) is 0 Å². The molecule has 0 saturated carbocycles. The van der Waals surface area contributed by atoms with Gasteiger partial charge in [0.25, 0.3) is 5.56 Å². The van der Waals surface area contributed by atoms with Crippen LogP contribution in [0.3, 0.4) is 0 Å². The summed E-state index contributed by atoms with van der Waals surface area (Å²) in [5.41, 5.74) is -0.559. The molecule has 9 heteroatoms. The maximum atomic E-state index is 16.3. The van der Waals surface area contributed by atoms with Gasteiger partial charge in [0.1, 0.15) is 23.6 Å². The number of hydrogen-bond acceptors (Lipinski definition) is 6. The average Bonchev–Trinajstić information content (AvgIpc) is 3.29. The summed E-state index contributed by atoms with van der Waals surface area (Å²) in [5, 5.41) is 0. The first-order valence-electron chi connectivity index (χ1n) is 12.4. The van der Waals surface area contributed by atoms with E-state index in [4.69, 9.17) is 14.2 Å². The Morgan fingerprint density at radius 3 is 2.03 bits per heavy atom. The lowest BCUT2D eigenvalue weighted by atomic mass is 9.79. The summed E-state index contributed by atoms with van der Waals surface area (Å²) in [6.45, 7) is 1.49. The third kappa shape index (κ3) is 4.71. The van der Waals surface area contributed by atoms with Crippen molar-refractivity contribution in [2.24, 2.45) is 0 Å². The third-order valence-corrected chi connectivity index (χ3v) is 6.93. The molecule has 4 aromatic rings. The van der Waals surface area contributed by atoms with Gasteiger partial charge in [0, 0.05) is 11.8 Å². The first-order chi connectivity index (χ1) is 18.9. The van der Waals surface area contributed by atoms with Crippen molar-refractivity contribution in [3.8, 4) is 5.75 Å². The Kier molecular flexibility index (Phi) is 7.28. The minimum Gasteiger partial charge on any atom is -0.497 e. The van der Waals surface area contributed by atoms with Gasteiger partial charge in [0.2, 0.25) is 0 Å². The fourth-order valence-corrected chi connectivity index (χ4v) is 4.97. The van der Waals surface area contributed by atoms with Crippen molar-refractivity contribution in [3.05, 3.63) is 134 Å². The summed E-state index contributed by atoms with van der Waals surface area (Å²) in [5.74, 6) is 0.625. The number of nitrogens with zero attached hydrogens (tertiary/aromatic N) is 1. The van der Waals surface area contributed by atoms with Gasteiger partial charge in [0.15, 0.2) is 18.7 Å². The van der Waals surface area contributed by atoms with E-state index >= 15 is 4.39 Å². The lowest BCUT2D eigenvalue weighted by molar-refractivity contribution is -0.131. The smallest absolute Gasteiger partial charge is 0.330 e. The zero-order chi connectivity index (χ0) is 27.6. The van der Waals surface area contributed by atoms with Crippen molar-refractivity contribution in [3.63, 3.8) is 0 Å². The average molecular weight is 531 g/mol. The second-order valence-corrected chi connectivity index (χ2v) is 9.27. The van der Waals surface area contributed by atoms with Crippen molar-refractivity contribution in [1.29, 1.82) is 0 Å². The molecule has 2 heterocycles. The zero-order valence-electron chi connectivity index (χ0n) is 21.3. The monoisotopic (exact) mass is 530 g/mol. The van der Waals surface area contributed by atoms with E-state index in [1.807, 2.05) is 72.8 Å². The molecule has 0 radical (unpaired) electrons. The first-order valence-corrected chi connectivity index (χ1v) is 12.4. The van der Waals surface area contributed by atoms with Crippen LogP contribution in [-0.4, -0.2) is 41.3 Å². The van der Waals surface area contributed by atoms with Crippen molar-refractivity contribution in [2.45, 2.75) is 37.1 Å². The second kappa shape index (κ2) is 10.8. The summed E-state index contributed by atoms with van der Waals surface area (Å²) in [6, 6.07) is 25.8. The van der Waals surface area contributed by atoms with Crippen LogP contribution in [0.4, 0.5) is 4.39 Å². The van der Waals surface area contributed by atoms with Crippen LogP contribution < -0.4 is 16.0 Å². The number of H-pyrrole nitrogens is 1. The van der Waals surface area contributed by atoms with Gasteiger partial charge in [0.05, 0.1) is 7.11 Å². The number of carbonyl (C=O) groups excluding carboxylic acids is 1. The molecule has 0 aliphatic carbocycles. The highest BCUT2D eigenvalue weighted by atomic mass is 19.1. The first kappa shape index (κ1) is 26.3. The topological polar surface area (TPSA) is 99.6 Å². The van der Waals surface area contributed by atoms with E-state index in [0.29, 0.717) is 28.7 Å². The molecular weight excluding hydrogens is 503 g/mol. The van der Waals surface area contributed by atoms with Crippen LogP contribution in [0.2, 0.25) is 0 Å². The summed E-state index contributed by atoms with van der Waals surface area (Å²) in [4.78, 5) is 38.8. The highest BCUT2D eigenvalue weighted by Crippen LogP contribution is 2.45. The predicted molar refractivity (Wildman–Crippen MR) is 142 cm³/mol. The number of halogens is 1. The van der Waals surface area contributed by atoms with Gasteiger partial charge < -0.3 is 19.0 Å². The standard InChI is InChI=1S/C30H27FN2O6/c1-19-17-33(29(36)32-27(19)35)28-25(31)26(24(18-34)38-28)39-30(20-9-5-3-6-10-20,21-11-7-4-8-12-21)22-13-15-23(37-2)16-14-22/h3-18,24-26,28H,1-2H3,(H,32,35,36)/t24-,25+,26-,28-/m1/s1. The van der Waals surface area contributed by atoms with E-state index in [-0.39, 0.29) is 5.56 Å². The molecule has 39 heavy (non-hydrogen) atoms. The molecule has 1 saturated heterocycles. The molecule has 0 amide bonds. The van der Waals surface area contributed by atoms with Crippen LogP contribution in [0, 0.1) is 6.92 Å². The third-order valence-electron chi connectivity index (χ3n) is 6.93. The molecule has 0 bridgehead atoms. The summed E-state index contributed by atoms with van der Waals surface area (Å²) in [6.07, 6.45) is -4.49. The number of rotatable bonds is 8. The number of aromatic amines is 1. The van der Waals surface area contributed by atoms with E-state index in [1.54, 1.807) is 19.2 Å². The molecule has 1 fully saturated rings. The van der Waals surface area contributed by atoms with Crippen LogP contribution in [0.25, 0.3) is 0 Å². The second-order valence-electron chi connectivity index (χ2n) is 9.27. The van der Waals surface area contributed by atoms with E-state index in [0.717, 1.165) is 4.57 Å². The Bertz CT molecular complexity index is 1510. The lowest BCUT2D eigenvalue weighted by Gasteiger charge is -2.39. The molecule has 1 aliphatic heterocycles. The van der Waals surface area contributed by atoms with Crippen LogP contribution in [-0.2, 0) is 19.9 Å². The molecule has 4 atom stereocenters. The fraction of sp³-hybridized carbons (Fsp3) is 0.233. The number of aldehydes is 1. The number of hydrogen-bond donors (Lipinski definition) is 1. The molecule has 0 unspecified atom stereocenters. The number of carbonyl (C=O) groups is 1. The Morgan fingerprint density at radius 1 is 0.923 bits per heavy atom. The van der Waals surface area contributed by atoms with Gasteiger partial charge in [-0.1, -0.05) is 72.8 Å². The Balaban J connectivity index is 1.68. The van der Waals surface area contributed by atoms with E-state index in [9.17, 15) is 14.4 Å². The number of aryl methyl sites for hydroxylation is 1. The van der Waals surface area contributed by atoms with Gasteiger partial charge in [-0.25, -0.2) is 9.18 Å². The maximum absolute atomic E-state index is 16.3. The Morgan fingerprint density at radius 2 is 1.49 bits per heavy atom. The van der Waals surface area contributed by atoms with Crippen molar-refractivity contribution < 1.29 is 23.4 Å². The summed E-state index contributed by atoms with van der Waals surface area (Å²) < 4.78 is 35.1. The number of aromatic nitrogens is 2. The number of nitrogens with one attached hydrogen (secondary N) is 1. The Labute approximate surface area is 223 Å². The molecule has 1 N–H and O–H groups in total. The van der Waals surface area contributed by atoms with Gasteiger partial charge in [-0.3, -0.25) is 14.3 Å². The zero-order valence-corrected chi connectivity index (χ0v) is 21.3. The number of methoxy groups -OCH3 is 1. The van der Waals surface area contributed by atoms with Crippen LogP contribution in [0.5, 0.6) is 5.75 Å². The molecule has 0 spiro atoms. The largest absolute Gasteiger partial charge is 0.497 e. The maximum Gasteiger partial charge on any atom is 0.330 e. The molecule has 8 nitrogen and oxygen atoms in total. The van der Waals surface area contributed by atoms with Crippen LogP contribution in [0.1, 0.15) is 28.5 Å². The Hall–Kier alpha value is -4.34. The molecule has 1 aliphatic rings. The highest BCUT2D eigenvalue weighted by molar-refractivity contribution is 5.58. The van der Waals surface area contributed by atoms with Gasteiger partial charge >= 0.3 is 5.69 Å². The molecule has 1 aromatic heterocycles. The van der Waals surface area contributed by atoms with Crippen LogP contribution in [0.15, 0.2) is 101 Å². The highest BCUT2D eigenvalue weighted by Gasteiger charge is 2.52. The molecule has 3 aromatic carbocycles. The molecule has 5 rings (SSSR count).